The van der Waals surface area contributed by atoms with Crippen molar-refractivity contribution in [2.24, 2.45) is 0 Å². The zero-order valence-electron chi connectivity index (χ0n) is 8.95. The molecule has 5 heteroatoms. The van der Waals surface area contributed by atoms with Crippen molar-refractivity contribution in [3.05, 3.63) is 56.7 Å². The van der Waals surface area contributed by atoms with Crippen LogP contribution in [0.2, 0.25) is 10.0 Å². The molecule has 0 amide bonds. The zero-order chi connectivity index (χ0) is 12.9. The number of halogens is 3. The quantitative estimate of drug-likeness (QED) is 0.561. The fraction of sp³-hybridized carbons (Fsp3) is 0. The first-order chi connectivity index (χ1) is 8.58. The van der Waals surface area contributed by atoms with Gasteiger partial charge in [-0.25, -0.2) is 0 Å². The van der Waals surface area contributed by atoms with E-state index in [2.05, 4.69) is 0 Å². The van der Waals surface area contributed by atoms with E-state index in [4.69, 9.17) is 35.0 Å². The van der Waals surface area contributed by atoms with Crippen LogP contribution in [0, 0.1) is 0 Å². The lowest BCUT2D eigenvalue weighted by Gasteiger charge is -2.08. The minimum absolute atomic E-state index is 0.123. The van der Waals surface area contributed by atoms with E-state index in [0.717, 1.165) is 0 Å². The SMILES string of the molecule is O=c1c2cc(Cl)ccc2n(Cl)c2ccc(Cl)cc12. The highest BCUT2D eigenvalue weighted by Gasteiger charge is 2.10. The van der Waals surface area contributed by atoms with Crippen molar-refractivity contribution < 1.29 is 0 Å². The van der Waals surface area contributed by atoms with E-state index in [1.54, 1.807) is 36.4 Å². The Labute approximate surface area is 117 Å². The lowest BCUT2D eigenvalue weighted by Crippen LogP contribution is -2.06. The topological polar surface area (TPSA) is 22.0 Å². The Kier molecular flexibility index (Phi) is 2.74. The number of hydrogen-bond acceptors (Lipinski definition) is 1. The summed E-state index contributed by atoms with van der Waals surface area (Å²) in [4.78, 5) is 12.4. The first-order valence-corrected chi connectivity index (χ1v) is 6.27. The second kappa shape index (κ2) is 4.16. The molecule has 0 N–H and O–H groups in total. The van der Waals surface area contributed by atoms with E-state index in [1.165, 1.54) is 4.09 Å². The summed E-state index contributed by atoms with van der Waals surface area (Å²) in [6, 6.07) is 10.1. The van der Waals surface area contributed by atoms with Gasteiger partial charge in [-0.15, -0.1) is 0 Å². The fourth-order valence-electron chi connectivity index (χ4n) is 2.00. The summed E-state index contributed by atoms with van der Waals surface area (Å²) in [5.74, 6) is 0. The van der Waals surface area contributed by atoms with Gasteiger partial charge in [0, 0.05) is 32.6 Å². The minimum atomic E-state index is -0.123. The smallest absolute Gasteiger partial charge is 0.197 e. The molecule has 0 aliphatic heterocycles. The molecule has 3 aromatic rings. The number of benzene rings is 2. The van der Waals surface area contributed by atoms with Crippen molar-refractivity contribution in [1.29, 1.82) is 0 Å². The van der Waals surface area contributed by atoms with Gasteiger partial charge >= 0.3 is 0 Å². The van der Waals surface area contributed by atoms with Crippen LogP contribution in [0.3, 0.4) is 0 Å². The Balaban J connectivity index is 2.65. The Bertz CT molecular complexity index is 773. The average molecular weight is 299 g/mol. The van der Waals surface area contributed by atoms with Gasteiger partial charge in [0.1, 0.15) is 0 Å². The average Bonchev–Trinajstić information content (AvgIpc) is 2.35. The van der Waals surface area contributed by atoms with Crippen LogP contribution >= 0.6 is 35.0 Å². The van der Waals surface area contributed by atoms with Gasteiger partial charge < -0.3 is 0 Å². The van der Waals surface area contributed by atoms with E-state index in [1.807, 2.05) is 0 Å². The van der Waals surface area contributed by atoms with Crippen molar-refractivity contribution in [3.63, 3.8) is 0 Å². The van der Waals surface area contributed by atoms with Crippen molar-refractivity contribution in [3.8, 4) is 0 Å². The van der Waals surface area contributed by atoms with Crippen molar-refractivity contribution >= 4 is 56.8 Å². The van der Waals surface area contributed by atoms with E-state index < -0.39 is 0 Å². The Hall–Kier alpha value is -1.22. The molecule has 1 aromatic heterocycles. The molecule has 90 valence electrons. The van der Waals surface area contributed by atoms with Gasteiger partial charge in [-0.1, -0.05) is 23.2 Å². The molecule has 0 bridgehead atoms. The number of hydrogen-bond donors (Lipinski definition) is 0. The van der Waals surface area contributed by atoms with Crippen LogP contribution in [-0.4, -0.2) is 4.09 Å². The lowest BCUT2D eigenvalue weighted by atomic mass is 10.1. The largest absolute Gasteiger partial charge is 0.288 e. The van der Waals surface area contributed by atoms with Gasteiger partial charge in [0.25, 0.3) is 0 Å². The molecule has 0 aliphatic carbocycles. The second-order valence-electron chi connectivity index (χ2n) is 3.93. The van der Waals surface area contributed by atoms with E-state index in [-0.39, 0.29) is 5.43 Å². The van der Waals surface area contributed by atoms with E-state index in [0.29, 0.717) is 31.9 Å². The van der Waals surface area contributed by atoms with Crippen LogP contribution < -0.4 is 5.43 Å². The van der Waals surface area contributed by atoms with Gasteiger partial charge in [-0.2, -0.15) is 0 Å². The van der Waals surface area contributed by atoms with E-state index >= 15 is 0 Å². The minimum Gasteiger partial charge on any atom is -0.288 e. The lowest BCUT2D eigenvalue weighted by molar-refractivity contribution is 1.35. The van der Waals surface area contributed by atoms with Gasteiger partial charge in [-0.05, 0) is 36.4 Å². The third kappa shape index (κ3) is 1.69. The molecular weight excluding hydrogens is 293 g/mol. The van der Waals surface area contributed by atoms with Crippen molar-refractivity contribution in [1.82, 2.24) is 4.09 Å². The third-order valence-corrected chi connectivity index (χ3v) is 3.66. The summed E-state index contributed by atoms with van der Waals surface area (Å²) in [5, 5.41) is 1.95. The maximum Gasteiger partial charge on any atom is 0.197 e. The molecule has 2 nitrogen and oxygen atoms in total. The van der Waals surface area contributed by atoms with Crippen LogP contribution in [0.4, 0.5) is 0 Å². The maximum absolute atomic E-state index is 12.4. The van der Waals surface area contributed by atoms with Gasteiger partial charge in [-0.3, -0.25) is 8.88 Å². The molecule has 1 heterocycles. The van der Waals surface area contributed by atoms with Gasteiger partial charge in [0.15, 0.2) is 5.43 Å². The molecule has 0 saturated heterocycles. The first-order valence-electron chi connectivity index (χ1n) is 5.17. The molecule has 0 radical (unpaired) electrons. The summed E-state index contributed by atoms with van der Waals surface area (Å²) < 4.78 is 1.44. The summed E-state index contributed by atoms with van der Waals surface area (Å²) in [5.41, 5.74) is 1.13. The second-order valence-corrected chi connectivity index (χ2v) is 5.14. The standard InChI is InChI=1S/C13H6Cl3NO/c14-7-1-3-11-9(5-7)13(18)10-6-8(15)2-4-12(10)17(11)16/h1-6H. The fourth-order valence-corrected chi connectivity index (χ4v) is 2.64. The highest BCUT2D eigenvalue weighted by molar-refractivity contribution is 6.32. The van der Waals surface area contributed by atoms with E-state index in [9.17, 15) is 4.79 Å². The summed E-state index contributed by atoms with van der Waals surface area (Å²) in [6.07, 6.45) is 0. The predicted molar refractivity (Wildman–Crippen MR) is 77.0 cm³/mol. The molecule has 0 aliphatic rings. The van der Waals surface area contributed by atoms with Gasteiger partial charge in [0.05, 0.1) is 11.0 Å². The molecule has 0 fully saturated rings. The summed E-state index contributed by atoms with van der Waals surface area (Å²) in [7, 11) is 0. The van der Waals surface area contributed by atoms with Crippen LogP contribution in [0.15, 0.2) is 41.2 Å². The molecule has 2 aromatic carbocycles. The zero-order valence-corrected chi connectivity index (χ0v) is 11.2. The molecule has 0 spiro atoms. The molecule has 0 atom stereocenters. The number of aromatic nitrogens is 1. The highest BCUT2D eigenvalue weighted by atomic mass is 35.5. The Morgan fingerprint density at radius 3 is 1.72 bits per heavy atom. The van der Waals surface area contributed by atoms with Gasteiger partial charge in [0.2, 0.25) is 0 Å². The van der Waals surface area contributed by atoms with Crippen LogP contribution in [0.25, 0.3) is 21.8 Å². The van der Waals surface area contributed by atoms with Crippen molar-refractivity contribution in [2.75, 3.05) is 0 Å². The Morgan fingerprint density at radius 1 is 0.833 bits per heavy atom. The highest BCUT2D eigenvalue weighted by Crippen LogP contribution is 2.24. The van der Waals surface area contributed by atoms with Crippen molar-refractivity contribution in [2.45, 2.75) is 0 Å². The third-order valence-electron chi connectivity index (χ3n) is 2.83. The Morgan fingerprint density at radius 2 is 1.28 bits per heavy atom. The predicted octanol–water partition coefficient (Wildman–Crippen LogP) is 4.46. The number of fused-ring (bicyclic) bond motifs is 2. The molecule has 0 saturated carbocycles. The number of rotatable bonds is 0. The first kappa shape index (κ1) is 11.8. The van der Waals surface area contributed by atoms with Crippen LogP contribution in [-0.2, 0) is 0 Å². The normalized spacial score (nSPS) is 11.3. The van der Waals surface area contributed by atoms with Crippen LogP contribution in [0.5, 0.6) is 0 Å². The van der Waals surface area contributed by atoms with Crippen LogP contribution in [0.1, 0.15) is 0 Å². The number of nitrogens with zero attached hydrogens (tertiary/aromatic N) is 1. The molecule has 3 rings (SSSR count). The molecule has 0 unspecified atom stereocenters. The molecular formula is C13H6Cl3NO. The number of pyridine rings is 1. The summed E-state index contributed by atoms with van der Waals surface area (Å²) >= 11 is 18.1. The summed E-state index contributed by atoms with van der Waals surface area (Å²) in [6.45, 7) is 0. The monoisotopic (exact) mass is 297 g/mol. The molecule has 18 heavy (non-hydrogen) atoms. The maximum atomic E-state index is 12.4.